The highest BCUT2D eigenvalue weighted by Crippen LogP contribution is 2.28. The van der Waals surface area contributed by atoms with Crippen molar-refractivity contribution in [1.82, 2.24) is 0 Å². The molecule has 0 aliphatic carbocycles. The van der Waals surface area contributed by atoms with Crippen LogP contribution in [0.25, 0.3) is 0 Å². The average molecular weight is 312 g/mol. The third kappa shape index (κ3) is 3.81. The van der Waals surface area contributed by atoms with Crippen LogP contribution in [-0.4, -0.2) is 43.8 Å². The fourth-order valence-corrected chi connectivity index (χ4v) is 3.03. The molecular weight excluding hydrogens is 297 g/mol. The molecule has 0 unspecified atom stereocenters. The Hall–Kier alpha value is -1.38. The standard InChI is InChI=1S/C11H15F3N2O3S/c1-7(11(12,13)14)8(15-4)6-20(17,18)9-5-10(2,3)19-16-9/h1,5-6H2,2-4H3. The third-order valence-electron chi connectivity index (χ3n) is 2.62. The van der Waals surface area contributed by atoms with Crippen molar-refractivity contribution in [1.29, 1.82) is 0 Å². The van der Waals surface area contributed by atoms with Gasteiger partial charge >= 0.3 is 6.18 Å². The SMILES string of the molecule is C=C(C(CS(=O)(=O)C1=NOC(C)(C)C1)=NC)C(F)(F)F. The van der Waals surface area contributed by atoms with Crippen LogP contribution >= 0.6 is 0 Å². The van der Waals surface area contributed by atoms with Gasteiger partial charge in [-0.3, -0.25) is 4.99 Å². The van der Waals surface area contributed by atoms with E-state index >= 15 is 0 Å². The van der Waals surface area contributed by atoms with E-state index in [4.69, 9.17) is 4.84 Å². The Morgan fingerprint density at radius 3 is 2.40 bits per heavy atom. The lowest BCUT2D eigenvalue weighted by molar-refractivity contribution is -0.0857. The van der Waals surface area contributed by atoms with Crippen LogP contribution in [0.3, 0.4) is 0 Å². The van der Waals surface area contributed by atoms with E-state index in [1.165, 1.54) is 0 Å². The van der Waals surface area contributed by atoms with Gasteiger partial charge in [-0.15, -0.1) is 0 Å². The minimum atomic E-state index is -4.72. The lowest BCUT2D eigenvalue weighted by Gasteiger charge is -2.14. The first-order chi connectivity index (χ1) is 8.89. The van der Waals surface area contributed by atoms with E-state index in [-0.39, 0.29) is 11.5 Å². The summed E-state index contributed by atoms with van der Waals surface area (Å²) in [5, 5.41) is 3.15. The summed E-state index contributed by atoms with van der Waals surface area (Å²) in [6, 6.07) is 0. The molecule has 0 saturated carbocycles. The number of rotatable bonds is 3. The van der Waals surface area contributed by atoms with Gasteiger partial charge in [0.2, 0.25) is 9.84 Å². The van der Waals surface area contributed by atoms with E-state index < -0.39 is 38.7 Å². The van der Waals surface area contributed by atoms with Crippen molar-refractivity contribution < 1.29 is 26.4 Å². The second kappa shape index (κ2) is 5.19. The summed E-state index contributed by atoms with van der Waals surface area (Å²) in [4.78, 5) is 8.28. The number of alkyl halides is 3. The lowest BCUT2D eigenvalue weighted by atomic mass is 10.1. The summed E-state index contributed by atoms with van der Waals surface area (Å²) in [5.41, 5.74) is -2.69. The summed E-state index contributed by atoms with van der Waals surface area (Å²) < 4.78 is 61.6. The molecule has 1 heterocycles. The van der Waals surface area contributed by atoms with Crippen LogP contribution in [0.2, 0.25) is 0 Å². The maximum atomic E-state index is 12.5. The normalized spacial score (nSPS) is 19.5. The summed E-state index contributed by atoms with van der Waals surface area (Å²) in [7, 11) is -2.93. The van der Waals surface area contributed by atoms with Gasteiger partial charge in [0.1, 0.15) is 5.60 Å². The van der Waals surface area contributed by atoms with Crippen molar-refractivity contribution in [2.24, 2.45) is 10.1 Å². The van der Waals surface area contributed by atoms with E-state index in [9.17, 15) is 21.6 Å². The first-order valence-corrected chi connectivity index (χ1v) is 7.24. The van der Waals surface area contributed by atoms with E-state index in [1.54, 1.807) is 13.8 Å². The quantitative estimate of drug-likeness (QED) is 0.749. The molecular formula is C11H15F3N2O3S. The zero-order valence-electron chi connectivity index (χ0n) is 11.3. The predicted octanol–water partition coefficient (Wildman–Crippen LogP) is 2.10. The van der Waals surface area contributed by atoms with E-state index in [1.807, 2.05) is 0 Å². The summed E-state index contributed by atoms with van der Waals surface area (Å²) >= 11 is 0. The number of allylic oxidation sites excluding steroid dienone is 1. The Labute approximate surface area is 115 Å². The summed E-state index contributed by atoms with van der Waals surface area (Å²) in [6.45, 7) is 6.10. The second-order valence-corrected chi connectivity index (χ2v) is 6.91. The molecule has 0 atom stereocenters. The summed E-state index contributed by atoms with van der Waals surface area (Å²) in [6.07, 6.45) is -4.72. The van der Waals surface area contributed by atoms with Crippen LogP contribution in [0, 0.1) is 0 Å². The molecule has 0 aromatic carbocycles. The van der Waals surface area contributed by atoms with Gasteiger partial charge in [0, 0.05) is 13.5 Å². The van der Waals surface area contributed by atoms with E-state index in [0.29, 0.717) is 0 Å². The number of hydrogen-bond donors (Lipinski definition) is 0. The van der Waals surface area contributed by atoms with Gasteiger partial charge in [0.05, 0.1) is 17.0 Å². The molecule has 0 aromatic rings. The molecule has 0 aromatic heterocycles. The van der Waals surface area contributed by atoms with Crippen LogP contribution in [0.1, 0.15) is 20.3 Å². The minimum absolute atomic E-state index is 0.00478. The molecule has 1 aliphatic heterocycles. The Balaban J connectivity index is 2.95. The van der Waals surface area contributed by atoms with Gasteiger partial charge in [-0.1, -0.05) is 11.7 Å². The van der Waals surface area contributed by atoms with Crippen LogP contribution in [-0.2, 0) is 14.7 Å². The number of halogens is 3. The monoisotopic (exact) mass is 312 g/mol. The molecule has 5 nitrogen and oxygen atoms in total. The molecule has 0 N–H and O–H groups in total. The first-order valence-electron chi connectivity index (χ1n) is 5.59. The zero-order valence-corrected chi connectivity index (χ0v) is 12.1. The van der Waals surface area contributed by atoms with Gasteiger partial charge in [0.25, 0.3) is 0 Å². The Morgan fingerprint density at radius 1 is 1.50 bits per heavy atom. The molecule has 0 fully saturated rings. The molecule has 9 heteroatoms. The fourth-order valence-electron chi connectivity index (χ4n) is 1.48. The Kier molecular flexibility index (Phi) is 4.33. The van der Waals surface area contributed by atoms with Gasteiger partial charge < -0.3 is 4.84 Å². The maximum Gasteiger partial charge on any atom is 0.417 e. The molecule has 114 valence electrons. The van der Waals surface area contributed by atoms with Crippen LogP contribution in [0.5, 0.6) is 0 Å². The highest BCUT2D eigenvalue weighted by molar-refractivity contribution is 8.07. The average Bonchev–Trinajstić information content (AvgIpc) is 2.65. The highest BCUT2D eigenvalue weighted by Gasteiger charge is 2.40. The Morgan fingerprint density at radius 2 is 2.05 bits per heavy atom. The minimum Gasteiger partial charge on any atom is -0.389 e. The topological polar surface area (TPSA) is 68.1 Å². The molecule has 0 bridgehead atoms. The third-order valence-corrected chi connectivity index (χ3v) is 4.21. The number of oxime groups is 1. The first kappa shape index (κ1) is 16.7. The van der Waals surface area contributed by atoms with Crippen molar-refractivity contribution in [3.63, 3.8) is 0 Å². The van der Waals surface area contributed by atoms with Gasteiger partial charge in [-0.2, -0.15) is 13.2 Å². The molecule has 0 amide bonds. The zero-order chi connectivity index (χ0) is 15.8. The number of hydrogen-bond acceptors (Lipinski definition) is 5. The maximum absolute atomic E-state index is 12.5. The molecule has 1 aliphatic rings. The summed E-state index contributed by atoms with van der Waals surface area (Å²) in [5.74, 6) is -0.903. The van der Waals surface area contributed by atoms with Crippen molar-refractivity contribution in [2.45, 2.75) is 32.0 Å². The smallest absolute Gasteiger partial charge is 0.389 e. The molecule has 0 spiro atoms. The predicted molar refractivity (Wildman–Crippen MR) is 69.6 cm³/mol. The number of sulfone groups is 1. The van der Waals surface area contributed by atoms with Crippen LogP contribution in [0.4, 0.5) is 13.2 Å². The van der Waals surface area contributed by atoms with Crippen molar-refractivity contribution in [3.8, 4) is 0 Å². The van der Waals surface area contributed by atoms with E-state index in [0.717, 1.165) is 7.05 Å². The Bertz CT molecular complexity index is 574. The van der Waals surface area contributed by atoms with Gasteiger partial charge in [0.15, 0.2) is 5.04 Å². The van der Waals surface area contributed by atoms with Gasteiger partial charge in [-0.25, -0.2) is 8.42 Å². The van der Waals surface area contributed by atoms with E-state index in [2.05, 4.69) is 16.7 Å². The lowest BCUT2D eigenvalue weighted by Crippen LogP contribution is -2.30. The fraction of sp³-hybridized carbons (Fsp3) is 0.636. The highest BCUT2D eigenvalue weighted by atomic mass is 32.2. The van der Waals surface area contributed by atoms with Crippen molar-refractivity contribution in [2.75, 3.05) is 12.8 Å². The number of nitrogens with zero attached hydrogens (tertiary/aromatic N) is 2. The van der Waals surface area contributed by atoms with Gasteiger partial charge in [-0.05, 0) is 13.8 Å². The van der Waals surface area contributed by atoms with Crippen LogP contribution < -0.4 is 0 Å². The largest absolute Gasteiger partial charge is 0.417 e. The molecule has 0 saturated heterocycles. The molecule has 1 rings (SSSR count). The molecule has 20 heavy (non-hydrogen) atoms. The second-order valence-electron chi connectivity index (χ2n) is 4.92. The van der Waals surface area contributed by atoms with Crippen LogP contribution in [0.15, 0.2) is 22.3 Å². The number of aliphatic imine (C=N–C) groups is 1. The van der Waals surface area contributed by atoms with Crippen molar-refractivity contribution >= 4 is 20.6 Å². The molecule has 0 radical (unpaired) electrons. The van der Waals surface area contributed by atoms with Crippen molar-refractivity contribution in [3.05, 3.63) is 12.2 Å².